The van der Waals surface area contributed by atoms with Crippen molar-refractivity contribution in [3.05, 3.63) is 35.4 Å². The summed E-state index contributed by atoms with van der Waals surface area (Å²) in [7, 11) is 0. The highest BCUT2D eigenvalue weighted by Gasteiger charge is 2.13. The van der Waals surface area contributed by atoms with Crippen LogP contribution in [0.5, 0.6) is 0 Å². The topological polar surface area (TPSA) is 38.3 Å². The van der Waals surface area contributed by atoms with Crippen molar-refractivity contribution in [2.24, 2.45) is 0 Å². The van der Waals surface area contributed by atoms with Gasteiger partial charge in [-0.2, -0.15) is 0 Å². The van der Waals surface area contributed by atoms with Crippen LogP contribution in [0.15, 0.2) is 18.2 Å². The Hall–Kier alpha value is -1.49. The summed E-state index contributed by atoms with van der Waals surface area (Å²) in [6.07, 6.45) is 0.203. The van der Waals surface area contributed by atoms with Crippen LogP contribution in [-0.2, 0) is 9.53 Å². The fourth-order valence-corrected chi connectivity index (χ4v) is 1.59. The number of hydrogen-bond acceptors (Lipinski definition) is 3. The lowest BCUT2D eigenvalue weighted by Gasteiger charge is -2.14. The van der Waals surface area contributed by atoms with Crippen LogP contribution in [0.3, 0.4) is 0 Å². The number of halogens is 2. The first-order valence-corrected chi connectivity index (χ1v) is 5.89. The van der Waals surface area contributed by atoms with E-state index in [0.717, 1.165) is 6.07 Å². The highest BCUT2D eigenvalue weighted by atomic mass is 19.2. The molecule has 0 bridgehead atoms. The molecule has 0 saturated carbocycles. The zero-order valence-electron chi connectivity index (χ0n) is 10.5. The van der Waals surface area contributed by atoms with Gasteiger partial charge in [-0.1, -0.05) is 12.1 Å². The minimum atomic E-state index is -0.869. The fraction of sp³-hybridized carbons (Fsp3) is 0.462. The molecule has 1 aromatic rings. The normalized spacial score (nSPS) is 12.2. The van der Waals surface area contributed by atoms with E-state index in [4.69, 9.17) is 4.74 Å². The predicted molar refractivity (Wildman–Crippen MR) is 64.0 cm³/mol. The molecule has 1 rings (SSSR count). The second-order valence-corrected chi connectivity index (χ2v) is 3.87. The standard InChI is InChI=1S/C13H17F2NO2/c1-3-18-12(17)7-8-16-9(2)10-5-4-6-11(14)13(10)15/h4-6,9,16H,3,7-8H2,1-2H3. The second-order valence-electron chi connectivity index (χ2n) is 3.87. The van der Waals surface area contributed by atoms with Crippen LogP contribution in [0.1, 0.15) is 31.9 Å². The molecule has 0 aromatic heterocycles. The maximum atomic E-state index is 13.5. The largest absolute Gasteiger partial charge is 0.466 e. The van der Waals surface area contributed by atoms with Crippen LogP contribution in [0.25, 0.3) is 0 Å². The third kappa shape index (κ3) is 4.07. The van der Waals surface area contributed by atoms with E-state index >= 15 is 0 Å². The maximum Gasteiger partial charge on any atom is 0.307 e. The summed E-state index contributed by atoms with van der Waals surface area (Å²) in [4.78, 5) is 11.1. The highest BCUT2D eigenvalue weighted by molar-refractivity contribution is 5.69. The zero-order chi connectivity index (χ0) is 13.5. The van der Waals surface area contributed by atoms with Gasteiger partial charge in [-0.25, -0.2) is 8.78 Å². The summed E-state index contributed by atoms with van der Waals surface area (Å²) >= 11 is 0. The van der Waals surface area contributed by atoms with Gasteiger partial charge in [0.15, 0.2) is 11.6 Å². The number of carbonyl (C=O) groups is 1. The van der Waals surface area contributed by atoms with Crippen molar-refractivity contribution in [3.8, 4) is 0 Å². The fourth-order valence-electron chi connectivity index (χ4n) is 1.59. The maximum absolute atomic E-state index is 13.5. The van der Waals surface area contributed by atoms with Gasteiger partial charge in [0.05, 0.1) is 13.0 Å². The number of hydrogen-bond donors (Lipinski definition) is 1. The summed E-state index contributed by atoms with van der Waals surface area (Å²) in [5, 5.41) is 2.95. The number of carbonyl (C=O) groups excluding carboxylic acids is 1. The van der Waals surface area contributed by atoms with Gasteiger partial charge in [-0.3, -0.25) is 4.79 Å². The monoisotopic (exact) mass is 257 g/mol. The summed E-state index contributed by atoms with van der Waals surface area (Å²) < 4.78 is 31.2. The molecule has 0 radical (unpaired) electrons. The molecular formula is C13H17F2NO2. The van der Waals surface area contributed by atoms with E-state index < -0.39 is 11.6 Å². The molecule has 0 amide bonds. The van der Waals surface area contributed by atoms with Crippen molar-refractivity contribution in [2.75, 3.05) is 13.2 Å². The highest BCUT2D eigenvalue weighted by Crippen LogP contribution is 2.18. The first kappa shape index (κ1) is 14.6. The lowest BCUT2D eigenvalue weighted by atomic mass is 10.1. The molecule has 0 saturated heterocycles. The van der Waals surface area contributed by atoms with Gasteiger partial charge >= 0.3 is 5.97 Å². The molecule has 1 atom stereocenters. The third-order valence-electron chi connectivity index (χ3n) is 2.53. The van der Waals surface area contributed by atoms with Crippen LogP contribution in [-0.4, -0.2) is 19.1 Å². The summed E-state index contributed by atoms with van der Waals surface area (Å²) in [6.45, 7) is 4.14. The van der Waals surface area contributed by atoms with Crippen LogP contribution >= 0.6 is 0 Å². The Balaban J connectivity index is 2.48. The Morgan fingerprint density at radius 2 is 2.17 bits per heavy atom. The van der Waals surface area contributed by atoms with E-state index in [0.29, 0.717) is 13.2 Å². The van der Waals surface area contributed by atoms with Crippen molar-refractivity contribution >= 4 is 5.97 Å². The molecule has 0 heterocycles. The molecule has 0 fully saturated rings. The first-order valence-electron chi connectivity index (χ1n) is 5.89. The molecule has 100 valence electrons. The lowest BCUT2D eigenvalue weighted by Crippen LogP contribution is -2.23. The van der Waals surface area contributed by atoms with Gasteiger partial charge in [0.2, 0.25) is 0 Å². The number of esters is 1. The van der Waals surface area contributed by atoms with Gasteiger partial charge < -0.3 is 10.1 Å². The molecule has 1 unspecified atom stereocenters. The van der Waals surface area contributed by atoms with Crippen LogP contribution < -0.4 is 5.32 Å². The van der Waals surface area contributed by atoms with Crippen molar-refractivity contribution in [1.82, 2.24) is 5.32 Å². The molecular weight excluding hydrogens is 240 g/mol. The third-order valence-corrected chi connectivity index (χ3v) is 2.53. The van der Waals surface area contributed by atoms with E-state index in [-0.39, 0.29) is 24.0 Å². The van der Waals surface area contributed by atoms with E-state index in [1.54, 1.807) is 13.8 Å². The molecule has 0 aliphatic rings. The van der Waals surface area contributed by atoms with Crippen LogP contribution in [0, 0.1) is 11.6 Å². The Morgan fingerprint density at radius 3 is 2.83 bits per heavy atom. The number of ether oxygens (including phenoxy) is 1. The molecule has 1 aromatic carbocycles. The number of benzene rings is 1. The number of nitrogens with one attached hydrogen (secondary N) is 1. The smallest absolute Gasteiger partial charge is 0.307 e. The average Bonchev–Trinajstić information content (AvgIpc) is 2.33. The summed E-state index contributed by atoms with van der Waals surface area (Å²) in [5.74, 6) is -2.03. The molecule has 0 spiro atoms. The summed E-state index contributed by atoms with van der Waals surface area (Å²) in [5.41, 5.74) is 0.249. The second kappa shape index (κ2) is 7.06. The van der Waals surface area contributed by atoms with E-state index in [1.807, 2.05) is 0 Å². The van der Waals surface area contributed by atoms with Crippen molar-refractivity contribution < 1.29 is 18.3 Å². The van der Waals surface area contributed by atoms with Crippen molar-refractivity contribution in [1.29, 1.82) is 0 Å². The van der Waals surface area contributed by atoms with E-state index in [2.05, 4.69) is 5.32 Å². The predicted octanol–water partition coefficient (Wildman–Crippen LogP) is 2.57. The SMILES string of the molecule is CCOC(=O)CCNC(C)c1cccc(F)c1F. The first-order chi connectivity index (χ1) is 8.56. The lowest BCUT2D eigenvalue weighted by molar-refractivity contribution is -0.143. The zero-order valence-corrected chi connectivity index (χ0v) is 10.5. The van der Waals surface area contributed by atoms with Gasteiger partial charge in [0, 0.05) is 18.2 Å². The minimum Gasteiger partial charge on any atom is -0.466 e. The molecule has 0 aliphatic heterocycles. The molecule has 5 heteroatoms. The Labute approximate surface area is 105 Å². The van der Waals surface area contributed by atoms with Gasteiger partial charge in [0.25, 0.3) is 0 Å². The number of rotatable bonds is 6. The Kier molecular flexibility index (Phi) is 5.71. The quantitative estimate of drug-likeness (QED) is 0.796. The van der Waals surface area contributed by atoms with Crippen molar-refractivity contribution in [3.63, 3.8) is 0 Å². The minimum absolute atomic E-state index is 0.203. The van der Waals surface area contributed by atoms with Gasteiger partial charge in [0.1, 0.15) is 0 Å². The van der Waals surface area contributed by atoms with Crippen molar-refractivity contribution in [2.45, 2.75) is 26.3 Å². The van der Waals surface area contributed by atoms with Crippen LogP contribution in [0.2, 0.25) is 0 Å². The summed E-state index contributed by atoms with van der Waals surface area (Å²) in [6, 6.07) is 3.68. The van der Waals surface area contributed by atoms with E-state index in [9.17, 15) is 13.6 Å². The Morgan fingerprint density at radius 1 is 1.44 bits per heavy atom. The molecule has 0 aliphatic carbocycles. The van der Waals surface area contributed by atoms with Crippen LogP contribution in [0.4, 0.5) is 8.78 Å². The molecule has 3 nitrogen and oxygen atoms in total. The molecule has 18 heavy (non-hydrogen) atoms. The average molecular weight is 257 g/mol. The van der Waals surface area contributed by atoms with Gasteiger partial charge in [-0.15, -0.1) is 0 Å². The Bertz CT molecular complexity index is 410. The van der Waals surface area contributed by atoms with Gasteiger partial charge in [-0.05, 0) is 19.9 Å². The molecule has 1 N–H and O–H groups in total. The van der Waals surface area contributed by atoms with E-state index in [1.165, 1.54) is 12.1 Å².